The zero-order valence-corrected chi connectivity index (χ0v) is 11.1. The molecule has 4 nitrogen and oxygen atoms in total. The van der Waals surface area contributed by atoms with Gasteiger partial charge in [-0.15, -0.1) is 0 Å². The van der Waals surface area contributed by atoms with E-state index in [0.717, 1.165) is 22.4 Å². The van der Waals surface area contributed by atoms with Crippen molar-refractivity contribution in [2.24, 2.45) is 0 Å². The number of nitrogen functional groups attached to an aromatic ring is 1. The van der Waals surface area contributed by atoms with Gasteiger partial charge in [0.05, 0.1) is 12.7 Å². The molecule has 0 bridgehead atoms. The first-order valence-electron chi connectivity index (χ1n) is 5.72. The number of anilines is 1. The Morgan fingerprint density at radius 3 is 2.84 bits per heavy atom. The average Bonchev–Trinajstić information content (AvgIpc) is 3.07. The van der Waals surface area contributed by atoms with Gasteiger partial charge in [0.1, 0.15) is 5.75 Å². The fourth-order valence-corrected chi connectivity index (χ4v) is 2.64. The van der Waals surface area contributed by atoms with Crippen LogP contribution in [0.4, 0.5) is 5.82 Å². The quantitative estimate of drug-likeness (QED) is 0.790. The standard InChI is InChI=1S/C14H12N2O2S/c1-17-11-5-3-2-4-10(11)12-13(18-16-14(12)15)9-6-7-19-8-9/h2-8H,1H3,(H2,15,16). The number of ether oxygens (including phenoxy) is 1. The molecule has 0 aliphatic rings. The van der Waals surface area contributed by atoms with Gasteiger partial charge in [-0.05, 0) is 17.5 Å². The van der Waals surface area contributed by atoms with Gasteiger partial charge in [0, 0.05) is 16.5 Å². The Morgan fingerprint density at radius 2 is 2.11 bits per heavy atom. The van der Waals surface area contributed by atoms with E-state index in [1.807, 2.05) is 41.1 Å². The molecule has 0 aliphatic heterocycles. The number of thiophene rings is 1. The summed E-state index contributed by atoms with van der Waals surface area (Å²) < 4.78 is 10.7. The zero-order chi connectivity index (χ0) is 13.2. The molecule has 0 saturated heterocycles. The van der Waals surface area contributed by atoms with Crippen molar-refractivity contribution in [2.75, 3.05) is 12.8 Å². The van der Waals surface area contributed by atoms with Crippen molar-refractivity contribution < 1.29 is 9.26 Å². The number of methoxy groups -OCH3 is 1. The molecular formula is C14H12N2O2S. The monoisotopic (exact) mass is 272 g/mol. The Balaban J connectivity index is 2.23. The van der Waals surface area contributed by atoms with Crippen LogP contribution in [0.15, 0.2) is 45.6 Å². The molecule has 2 heterocycles. The van der Waals surface area contributed by atoms with E-state index in [1.165, 1.54) is 0 Å². The van der Waals surface area contributed by atoms with E-state index in [-0.39, 0.29) is 0 Å². The predicted molar refractivity (Wildman–Crippen MR) is 76.2 cm³/mol. The summed E-state index contributed by atoms with van der Waals surface area (Å²) in [5.41, 5.74) is 8.57. The highest BCUT2D eigenvalue weighted by Gasteiger charge is 2.20. The molecule has 19 heavy (non-hydrogen) atoms. The third kappa shape index (κ3) is 1.98. The summed E-state index contributed by atoms with van der Waals surface area (Å²) in [5, 5.41) is 7.86. The molecule has 0 atom stereocenters. The van der Waals surface area contributed by atoms with Crippen LogP contribution in [0.1, 0.15) is 0 Å². The fraction of sp³-hybridized carbons (Fsp3) is 0.0714. The number of aromatic nitrogens is 1. The highest BCUT2D eigenvalue weighted by molar-refractivity contribution is 7.08. The lowest BCUT2D eigenvalue weighted by Gasteiger charge is -2.07. The third-order valence-corrected chi connectivity index (χ3v) is 3.56. The second-order valence-electron chi connectivity index (χ2n) is 3.98. The van der Waals surface area contributed by atoms with Crippen molar-refractivity contribution in [3.8, 4) is 28.2 Å². The van der Waals surface area contributed by atoms with Gasteiger partial charge in [-0.1, -0.05) is 23.4 Å². The highest BCUT2D eigenvalue weighted by Crippen LogP contribution is 2.41. The topological polar surface area (TPSA) is 61.3 Å². The van der Waals surface area contributed by atoms with Crippen LogP contribution in [0, 0.1) is 0 Å². The van der Waals surface area contributed by atoms with Crippen LogP contribution >= 0.6 is 11.3 Å². The van der Waals surface area contributed by atoms with Gasteiger partial charge in [-0.2, -0.15) is 11.3 Å². The van der Waals surface area contributed by atoms with Crippen LogP contribution < -0.4 is 10.5 Å². The van der Waals surface area contributed by atoms with Crippen molar-refractivity contribution in [2.45, 2.75) is 0 Å². The van der Waals surface area contributed by atoms with Crippen LogP contribution in [0.25, 0.3) is 22.5 Å². The number of hydrogen-bond acceptors (Lipinski definition) is 5. The molecular weight excluding hydrogens is 260 g/mol. The first kappa shape index (κ1) is 11.8. The molecule has 0 aliphatic carbocycles. The molecule has 5 heteroatoms. The third-order valence-electron chi connectivity index (χ3n) is 2.88. The summed E-state index contributed by atoms with van der Waals surface area (Å²) in [6, 6.07) is 9.65. The van der Waals surface area contributed by atoms with Gasteiger partial charge < -0.3 is 15.0 Å². The Hall–Kier alpha value is -2.27. The second-order valence-corrected chi connectivity index (χ2v) is 4.76. The Bertz CT molecular complexity index is 689. The number of rotatable bonds is 3. The first-order chi connectivity index (χ1) is 9.31. The van der Waals surface area contributed by atoms with E-state index in [4.69, 9.17) is 15.0 Å². The van der Waals surface area contributed by atoms with Crippen molar-refractivity contribution >= 4 is 17.2 Å². The smallest absolute Gasteiger partial charge is 0.177 e. The number of hydrogen-bond donors (Lipinski definition) is 1. The van der Waals surface area contributed by atoms with Gasteiger partial charge in [-0.3, -0.25) is 0 Å². The van der Waals surface area contributed by atoms with Crippen molar-refractivity contribution in [1.29, 1.82) is 0 Å². The molecule has 3 rings (SSSR count). The minimum atomic E-state index is 0.366. The van der Waals surface area contributed by atoms with Crippen LogP contribution in [0.2, 0.25) is 0 Å². The lowest BCUT2D eigenvalue weighted by molar-refractivity contribution is 0.416. The van der Waals surface area contributed by atoms with Crippen molar-refractivity contribution in [3.63, 3.8) is 0 Å². The molecule has 3 aromatic rings. The maximum Gasteiger partial charge on any atom is 0.177 e. The van der Waals surface area contributed by atoms with Crippen molar-refractivity contribution in [1.82, 2.24) is 5.16 Å². The Kier molecular flexibility index (Phi) is 2.97. The zero-order valence-electron chi connectivity index (χ0n) is 10.3. The Morgan fingerprint density at radius 1 is 1.26 bits per heavy atom. The minimum Gasteiger partial charge on any atom is -0.496 e. The molecule has 0 spiro atoms. The summed E-state index contributed by atoms with van der Waals surface area (Å²) in [4.78, 5) is 0. The first-order valence-corrected chi connectivity index (χ1v) is 6.66. The van der Waals surface area contributed by atoms with E-state index in [1.54, 1.807) is 18.4 Å². The van der Waals surface area contributed by atoms with Crippen molar-refractivity contribution in [3.05, 3.63) is 41.1 Å². The van der Waals surface area contributed by atoms with Gasteiger partial charge in [0.25, 0.3) is 0 Å². The lowest BCUT2D eigenvalue weighted by Crippen LogP contribution is -1.92. The molecule has 1 aromatic carbocycles. The lowest BCUT2D eigenvalue weighted by atomic mass is 10.0. The van der Waals surface area contributed by atoms with E-state index >= 15 is 0 Å². The summed E-state index contributed by atoms with van der Waals surface area (Å²) >= 11 is 1.60. The second kappa shape index (κ2) is 4.78. The van der Waals surface area contributed by atoms with Crippen LogP contribution in [0.3, 0.4) is 0 Å². The Labute approximate surface area is 114 Å². The molecule has 0 fully saturated rings. The van der Waals surface area contributed by atoms with Gasteiger partial charge in [-0.25, -0.2) is 0 Å². The van der Waals surface area contributed by atoms with Crippen LogP contribution in [-0.2, 0) is 0 Å². The van der Waals surface area contributed by atoms with Gasteiger partial charge in [0.15, 0.2) is 11.6 Å². The highest BCUT2D eigenvalue weighted by atomic mass is 32.1. The summed E-state index contributed by atoms with van der Waals surface area (Å²) in [5.74, 6) is 1.78. The van der Waals surface area contributed by atoms with Gasteiger partial charge in [0.2, 0.25) is 0 Å². The van der Waals surface area contributed by atoms with E-state index in [9.17, 15) is 0 Å². The molecule has 0 radical (unpaired) electrons. The number of benzene rings is 1. The number of nitrogens with two attached hydrogens (primary N) is 1. The number of nitrogens with zero attached hydrogens (tertiary/aromatic N) is 1. The molecule has 0 amide bonds. The fourth-order valence-electron chi connectivity index (χ4n) is 2.00. The molecule has 0 unspecified atom stereocenters. The van der Waals surface area contributed by atoms with Crippen LogP contribution in [-0.4, -0.2) is 12.3 Å². The summed E-state index contributed by atoms with van der Waals surface area (Å²) in [6.45, 7) is 0. The normalized spacial score (nSPS) is 10.6. The maximum absolute atomic E-state index is 5.95. The van der Waals surface area contributed by atoms with E-state index in [0.29, 0.717) is 11.6 Å². The predicted octanol–water partition coefficient (Wildman–Crippen LogP) is 3.66. The average molecular weight is 272 g/mol. The largest absolute Gasteiger partial charge is 0.496 e. The van der Waals surface area contributed by atoms with Gasteiger partial charge >= 0.3 is 0 Å². The SMILES string of the molecule is COc1ccccc1-c1c(N)noc1-c1ccsc1. The minimum absolute atomic E-state index is 0.366. The van der Waals surface area contributed by atoms with E-state index < -0.39 is 0 Å². The summed E-state index contributed by atoms with van der Waals surface area (Å²) in [6.07, 6.45) is 0. The molecule has 2 aromatic heterocycles. The molecule has 0 saturated carbocycles. The molecule has 2 N–H and O–H groups in total. The van der Waals surface area contributed by atoms with E-state index in [2.05, 4.69) is 5.16 Å². The van der Waals surface area contributed by atoms with Crippen LogP contribution in [0.5, 0.6) is 5.75 Å². The molecule has 96 valence electrons. The number of para-hydroxylation sites is 1. The maximum atomic E-state index is 5.95. The summed E-state index contributed by atoms with van der Waals surface area (Å²) in [7, 11) is 1.63.